The zero-order chi connectivity index (χ0) is 18.8. The van der Waals surface area contributed by atoms with Crippen molar-refractivity contribution in [1.82, 2.24) is 9.78 Å². The number of urea groups is 1. The molecule has 26 heavy (non-hydrogen) atoms. The Balaban J connectivity index is 1.82. The molecular formula is C20H24N4O2. The smallest absolute Gasteiger partial charge is 0.323 e. The standard InChI is InChI=1S/C20H24N4O2/c1-12(2)26-19-16-11-15(8-9-18(16)24(5)23-19)21-20(25)22-17-10-13(3)6-7-14(17)4/h6-12H,1-5H3,(H2,21,22,25). The molecule has 3 aromatic rings. The molecule has 136 valence electrons. The van der Waals surface area contributed by atoms with Crippen molar-refractivity contribution in [3.63, 3.8) is 0 Å². The molecule has 2 aromatic carbocycles. The SMILES string of the molecule is Cc1ccc(C)c(NC(=O)Nc2ccc3c(c2)c(OC(C)C)nn3C)c1. The topological polar surface area (TPSA) is 68.2 Å². The Hall–Kier alpha value is -3.02. The van der Waals surface area contributed by atoms with Gasteiger partial charge in [0.05, 0.1) is 17.0 Å². The number of nitrogens with zero attached hydrogens (tertiary/aromatic N) is 2. The molecule has 6 heteroatoms. The van der Waals surface area contributed by atoms with Gasteiger partial charge in [-0.3, -0.25) is 4.68 Å². The molecule has 0 saturated heterocycles. The van der Waals surface area contributed by atoms with Crippen LogP contribution < -0.4 is 15.4 Å². The molecule has 6 nitrogen and oxygen atoms in total. The van der Waals surface area contributed by atoms with E-state index in [1.807, 2.05) is 71.1 Å². The summed E-state index contributed by atoms with van der Waals surface area (Å²) in [6.07, 6.45) is 0.0253. The average Bonchev–Trinajstić information content (AvgIpc) is 2.86. The number of amides is 2. The largest absolute Gasteiger partial charge is 0.473 e. The van der Waals surface area contributed by atoms with E-state index in [0.29, 0.717) is 11.6 Å². The first kappa shape index (κ1) is 17.8. The van der Waals surface area contributed by atoms with Gasteiger partial charge >= 0.3 is 6.03 Å². The summed E-state index contributed by atoms with van der Waals surface area (Å²) in [6.45, 7) is 7.88. The van der Waals surface area contributed by atoms with Crippen molar-refractivity contribution in [2.75, 3.05) is 10.6 Å². The monoisotopic (exact) mass is 352 g/mol. The van der Waals surface area contributed by atoms with Gasteiger partial charge in [0.2, 0.25) is 5.88 Å². The van der Waals surface area contributed by atoms with Gasteiger partial charge in [-0.2, -0.15) is 0 Å². The summed E-state index contributed by atoms with van der Waals surface area (Å²) in [6, 6.07) is 11.3. The quantitative estimate of drug-likeness (QED) is 0.720. The van der Waals surface area contributed by atoms with Crippen LogP contribution in [0.5, 0.6) is 5.88 Å². The first-order valence-corrected chi connectivity index (χ1v) is 8.62. The first-order valence-electron chi connectivity index (χ1n) is 8.62. The molecule has 0 spiro atoms. The van der Waals surface area contributed by atoms with Crippen LogP contribution in [0.1, 0.15) is 25.0 Å². The van der Waals surface area contributed by atoms with E-state index in [2.05, 4.69) is 15.7 Å². The Morgan fingerprint density at radius 3 is 2.62 bits per heavy atom. The number of carbonyl (C=O) groups is 1. The normalized spacial score (nSPS) is 11.0. The number of rotatable bonds is 4. The highest BCUT2D eigenvalue weighted by atomic mass is 16.5. The van der Waals surface area contributed by atoms with Crippen molar-refractivity contribution in [3.8, 4) is 5.88 Å². The van der Waals surface area contributed by atoms with Crippen molar-refractivity contribution in [2.24, 2.45) is 7.05 Å². The lowest BCUT2D eigenvalue weighted by Gasteiger charge is -2.11. The van der Waals surface area contributed by atoms with Crippen LogP contribution in [-0.2, 0) is 7.05 Å². The van der Waals surface area contributed by atoms with E-state index in [0.717, 1.165) is 27.7 Å². The van der Waals surface area contributed by atoms with E-state index in [1.165, 1.54) is 0 Å². The molecule has 1 aromatic heterocycles. The summed E-state index contributed by atoms with van der Waals surface area (Å²) in [5, 5.41) is 11.0. The van der Waals surface area contributed by atoms with Crippen molar-refractivity contribution >= 4 is 28.3 Å². The van der Waals surface area contributed by atoms with Gasteiger partial charge < -0.3 is 15.4 Å². The summed E-state index contributed by atoms with van der Waals surface area (Å²) in [5.41, 5.74) is 4.54. The van der Waals surface area contributed by atoms with Gasteiger partial charge in [-0.25, -0.2) is 4.79 Å². The molecule has 0 radical (unpaired) electrons. The van der Waals surface area contributed by atoms with E-state index >= 15 is 0 Å². The average molecular weight is 352 g/mol. The third-order valence-electron chi connectivity index (χ3n) is 4.06. The summed E-state index contributed by atoms with van der Waals surface area (Å²) in [5.74, 6) is 0.566. The number of hydrogen-bond donors (Lipinski definition) is 2. The van der Waals surface area contributed by atoms with Gasteiger partial charge in [0, 0.05) is 18.4 Å². The molecule has 2 N–H and O–H groups in total. The second-order valence-corrected chi connectivity index (χ2v) is 6.72. The maximum atomic E-state index is 12.4. The number of ether oxygens (including phenoxy) is 1. The van der Waals surface area contributed by atoms with E-state index in [-0.39, 0.29) is 12.1 Å². The number of fused-ring (bicyclic) bond motifs is 1. The van der Waals surface area contributed by atoms with Crippen molar-refractivity contribution < 1.29 is 9.53 Å². The summed E-state index contributed by atoms with van der Waals surface area (Å²) in [4.78, 5) is 12.4. The molecule has 0 saturated carbocycles. The van der Waals surface area contributed by atoms with Crippen LogP contribution in [0.2, 0.25) is 0 Å². The van der Waals surface area contributed by atoms with Gasteiger partial charge in [-0.15, -0.1) is 5.10 Å². The van der Waals surface area contributed by atoms with Crippen LogP contribution in [0.25, 0.3) is 10.9 Å². The Morgan fingerprint density at radius 1 is 1.12 bits per heavy atom. The minimum Gasteiger partial charge on any atom is -0.473 e. The van der Waals surface area contributed by atoms with Crippen molar-refractivity contribution in [1.29, 1.82) is 0 Å². The Kier molecular flexibility index (Phi) is 4.84. The molecule has 0 unspecified atom stereocenters. The van der Waals surface area contributed by atoms with Crippen LogP contribution in [0.15, 0.2) is 36.4 Å². The zero-order valence-electron chi connectivity index (χ0n) is 15.8. The molecule has 2 amide bonds. The Morgan fingerprint density at radius 2 is 1.88 bits per heavy atom. The van der Waals surface area contributed by atoms with E-state index in [1.54, 1.807) is 4.68 Å². The van der Waals surface area contributed by atoms with Gasteiger partial charge in [-0.05, 0) is 63.1 Å². The number of aryl methyl sites for hydroxylation is 3. The predicted octanol–water partition coefficient (Wildman–Crippen LogP) is 4.62. The molecule has 0 atom stereocenters. The number of hydrogen-bond acceptors (Lipinski definition) is 3. The van der Waals surface area contributed by atoms with Crippen molar-refractivity contribution in [3.05, 3.63) is 47.5 Å². The lowest BCUT2D eigenvalue weighted by atomic mass is 10.1. The van der Waals surface area contributed by atoms with Crippen LogP contribution in [0.3, 0.4) is 0 Å². The predicted molar refractivity (Wildman–Crippen MR) is 105 cm³/mol. The number of benzene rings is 2. The summed E-state index contributed by atoms with van der Waals surface area (Å²) >= 11 is 0. The molecule has 3 rings (SSSR count). The molecule has 0 aliphatic rings. The summed E-state index contributed by atoms with van der Waals surface area (Å²) in [7, 11) is 1.87. The molecular weight excluding hydrogens is 328 g/mol. The number of anilines is 2. The molecule has 0 aliphatic heterocycles. The van der Waals surface area contributed by atoms with Gasteiger partial charge in [0.1, 0.15) is 0 Å². The summed E-state index contributed by atoms with van der Waals surface area (Å²) < 4.78 is 7.54. The molecule has 0 aliphatic carbocycles. The van der Waals surface area contributed by atoms with Crippen LogP contribution in [0, 0.1) is 13.8 Å². The fraction of sp³-hybridized carbons (Fsp3) is 0.300. The van der Waals surface area contributed by atoms with E-state index < -0.39 is 0 Å². The van der Waals surface area contributed by atoms with Gasteiger partial charge in [0.25, 0.3) is 0 Å². The fourth-order valence-corrected chi connectivity index (χ4v) is 2.78. The Bertz CT molecular complexity index is 960. The lowest BCUT2D eigenvalue weighted by molar-refractivity contribution is 0.233. The number of aromatic nitrogens is 2. The highest BCUT2D eigenvalue weighted by Gasteiger charge is 2.13. The maximum absolute atomic E-state index is 12.4. The second kappa shape index (κ2) is 7.07. The van der Waals surface area contributed by atoms with Gasteiger partial charge in [-0.1, -0.05) is 12.1 Å². The van der Waals surface area contributed by atoms with Gasteiger partial charge in [0.15, 0.2) is 0 Å². The molecule has 1 heterocycles. The van der Waals surface area contributed by atoms with Crippen molar-refractivity contribution in [2.45, 2.75) is 33.8 Å². The van der Waals surface area contributed by atoms with Crippen LogP contribution >= 0.6 is 0 Å². The minimum atomic E-state index is -0.284. The van der Waals surface area contributed by atoms with Crippen LogP contribution in [0.4, 0.5) is 16.2 Å². The second-order valence-electron chi connectivity index (χ2n) is 6.72. The first-order chi connectivity index (χ1) is 12.3. The highest BCUT2D eigenvalue weighted by molar-refractivity contribution is 6.01. The van der Waals surface area contributed by atoms with E-state index in [4.69, 9.17) is 4.74 Å². The van der Waals surface area contributed by atoms with E-state index in [9.17, 15) is 4.79 Å². The zero-order valence-corrected chi connectivity index (χ0v) is 15.8. The lowest BCUT2D eigenvalue weighted by Crippen LogP contribution is -2.20. The Labute approximate surface area is 153 Å². The van der Waals surface area contributed by atoms with Crippen LogP contribution in [-0.4, -0.2) is 21.9 Å². The molecule has 0 fully saturated rings. The highest BCUT2D eigenvalue weighted by Crippen LogP contribution is 2.28. The third kappa shape index (κ3) is 3.79. The number of nitrogens with one attached hydrogen (secondary N) is 2. The third-order valence-corrected chi connectivity index (χ3v) is 4.06. The maximum Gasteiger partial charge on any atom is 0.323 e. The fourth-order valence-electron chi connectivity index (χ4n) is 2.78. The minimum absolute atomic E-state index is 0.0253. The number of carbonyl (C=O) groups excluding carboxylic acids is 1. The molecule has 0 bridgehead atoms.